The Morgan fingerprint density at radius 3 is 2.21 bits per heavy atom. The van der Waals surface area contributed by atoms with E-state index >= 15 is 0 Å². The molecule has 0 spiro atoms. The van der Waals surface area contributed by atoms with Gasteiger partial charge in [-0.1, -0.05) is 63.2 Å². The number of hydrogen-bond donors (Lipinski definition) is 1. The lowest BCUT2D eigenvalue weighted by molar-refractivity contribution is -0.143. The molecule has 0 bridgehead atoms. The fraction of sp³-hybridized carbons (Fsp3) is 0.417. The van der Waals surface area contributed by atoms with Gasteiger partial charge in [-0.05, 0) is 29.7 Å². The van der Waals surface area contributed by atoms with Crippen molar-refractivity contribution in [2.24, 2.45) is 5.92 Å². The summed E-state index contributed by atoms with van der Waals surface area (Å²) in [4.78, 5) is 27.9. The van der Waals surface area contributed by atoms with E-state index in [9.17, 15) is 9.59 Å². The van der Waals surface area contributed by atoms with Gasteiger partial charge in [0, 0.05) is 25.4 Å². The Labute approximate surface area is 174 Å². The van der Waals surface area contributed by atoms with Crippen molar-refractivity contribution in [2.75, 3.05) is 13.7 Å². The summed E-state index contributed by atoms with van der Waals surface area (Å²) >= 11 is 0. The highest BCUT2D eigenvalue weighted by atomic mass is 16.5. The Balaban J connectivity index is 2.35. The highest BCUT2D eigenvalue weighted by molar-refractivity contribution is 5.88. The second kappa shape index (κ2) is 11.2. The van der Waals surface area contributed by atoms with Gasteiger partial charge in [0.1, 0.15) is 11.8 Å². The zero-order chi connectivity index (χ0) is 21.2. The Morgan fingerprint density at radius 2 is 1.66 bits per heavy atom. The van der Waals surface area contributed by atoms with Gasteiger partial charge >= 0.3 is 0 Å². The fourth-order valence-corrected chi connectivity index (χ4v) is 3.15. The van der Waals surface area contributed by atoms with Gasteiger partial charge in [0.25, 0.3) is 0 Å². The first-order valence-electron chi connectivity index (χ1n) is 10.2. The van der Waals surface area contributed by atoms with Crippen LogP contribution < -0.4 is 10.1 Å². The third kappa shape index (κ3) is 6.63. The number of carbonyl (C=O) groups is 2. The molecule has 0 aliphatic heterocycles. The molecule has 0 aliphatic rings. The number of nitrogens with zero attached hydrogens (tertiary/aromatic N) is 1. The van der Waals surface area contributed by atoms with Gasteiger partial charge in [-0.15, -0.1) is 0 Å². The topological polar surface area (TPSA) is 58.6 Å². The highest BCUT2D eigenvalue weighted by Gasteiger charge is 2.31. The lowest BCUT2D eigenvalue weighted by atomic mass is 10.0. The maximum Gasteiger partial charge on any atom is 0.243 e. The maximum absolute atomic E-state index is 13.1. The number of methoxy groups -OCH3 is 1. The number of benzene rings is 2. The van der Waals surface area contributed by atoms with Crippen molar-refractivity contribution < 1.29 is 14.3 Å². The van der Waals surface area contributed by atoms with Crippen molar-refractivity contribution in [1.82, 2.24) is 10.2 Å². The molecule has 156 valence electrons. The largest absolute Gasteiger partial charge is 0.497 e. The molecule has 0 fully saturated rings. The van der Waals surface area contributed by atoms with Crippen molar-refractivity contribution in [3.8, 4) is 5.75 Å². The minimum Gasteiger partial charge on any atom is -0.497 e. The summed E-state index contributed by atoms with van der Waals surface area (Å²) in [5.41, 5.74) is 1.99. The van der Waals surface area contributed by atoms with Crippen molar-refractivity contribution >= 4 is 11.8 Å². The summed E-state index contributed by atoms with van der Waals surface area (Å²) in [5, 5.41) is 2.98. The lowest BCUT2D eigenvalue weighted by Gasteiger charge is -2.32. The first-order chi connectivity index (χ1) is 14.0. The van der Waals surface area contributed by atoms with Crippen molar-refractivity contribution in [3.05, 3.63) is 65.7 Å². The normalized spacial score (nSPS) is 11.8. The van der Waals surface area contributed by atoms with E-state index in [4.69, 9.17) is 4.74 Å². The molecule has 5 nitrogen and oxygen atoms in total. The van der Waals surface area contributed by atoms with Gasteiger partial charge in [0.2, 0.25) is 11.8 Å². The van der Waals surface area contributed by atoms with Crippen LogP contribution in [0.2, 0.25) is 0 Å². The van der Waals surface area contributed by atoms with Crippen molar-refractivity contribution in [3.63, 3.8) is 0 Å². The van der Waals surface area contributed by atoms with E-state index < -0.39 is 6.04 Å². The average Bonchev–Trinajstić information content (AvgIpc) is 2.75. The van der Waals surface area contributed by atoms with E-state index in [0.29, 0.717) is 19.5 Å². The molecule has 0 saturated heterocycles. The Bertz CT molecular complexity index is 772. The molecular weight excluding hydrogens is 364 g/mol. The third-order valence-electron chi connectivity index (χ3n) is 4.79. The summed E-state index contributed by atoms with van der Waals surface area (Å²) in [6.45, 7) is 6.72. The molecule has 0 heterocycles. The molecule has 0 unspecified atom stereocenters. The second-order valence-corrected chi connectivity index (χ2v) is 7.47. The molecule has 1 N–H and O–H groups in total. The van der Waals surface area contributed by atoms with Crippen LogP contribution in [0.5, 0.6) is 5.75 Å². The van der Waals surface area contributed by atoms with E-state index in [1.54, 1.807) is 12.0 Å². The van der Waals surface area contributed by atoms with Crippen LogP contribution in [-0.2, 0) is 22.6 Å². The van der Waals surface area contributed by atoms with Crippen molar-refractivity contribution in [2.45, 2.75) is 46.2 Å². The molecular formula is C24H32N2O3. The van der Waals surface area contributed by atoms with E-state index in [1.165, 1.54) is 0 Å². The smallest absolute Gasteiger partial charge is 0.243 e. The molecule has 2 aromatic carbocycles. The monoisotopic (exact) mass is 396 g/mol. The molecule has 0 aromatic heterocycles. The molecule has 0 radical (unpaired) electrons. The quantitative estimate of drug-likeness (QED) is 0.664. The summed E-state index contributed by atoms with van der Waals surface area (Å²) in [6, 6.07) is 16.9. The van der Waals surface area contributed by atoms with Gasteiger partial charge < -0.3 is 15.0 Å². The lowest BCUT2D eigenvalue weighted by Crippen LogP contribution is -2.51. The van der Waals surface area contributed by atoms with Crippen LogP contribution in [0.1, 0.15) is 38.3 Å². The number of nitrogens with one attached hydrogen (secondary N) is 1. The second-order valence-electron chi connectivity index (χ2n) is 7.47. The summed E-state index contributed by atoms with van der Waals surface area (Å²) < 4.78 is 5.22. The molecule has 29 heavy (non-hydrogen) atoms. The third-order valence-corrected chi connectivity index (χ3v) is 4.79. The number of rotatable bonds is 10. The molecule has 1 atom stereocenters. The molecule has 2 aromatic rings. The first-order valence-corrected chi connectivity index (χ1v) is 10.2. The first kappa shape index (κ1) is 22.5. The molecule has 5 heteroatoms. The number of carbonyl (C=O) groups excluding carboxylic acids is 2. The predicted molar refractivity (Wildman–Crippen MR) is 116 cm³/mol. The van der Waals surface area contributed by atoms with Crippen LogP contribution in [0.15, 0.2) is 54.6 Å². The number of ether oxygens (including phenoxy) is 1. The molecule has 2 rings (SSSR count). The maximum atomic E-state index is 13.1. The van der Waals surface area contributed by atoms with Crippen LogP contribution in [0.3, 0.4) is 0 Å². The van der Waals surface area contributed by atoms with Crippen LogP contribution in [0.4, 0.5) is 0 Å². The standard InChI is InChI=1S/C24H32N2O3/c1-5-15-25-23(27)22(16-19-9-7-6-8-10-19)26(24(28)18(2)3)17-20-11-13-21(29-4)14-12-20/h6-14,18,22H,5,15-17H2,1-4H3,(H,25,27)/t22-/m1/s1. The van der Waals surface area contributed by atoms with Crippen molar-refractivity contribution in [1.29, 1.82) is 0 Å². The van der Waals surface area contributed by atoms with Crippen LogP contribution in [-0.4, -0.2) is 36.4 Å². The molecule has 2 amide bonds. The van der Waals surface area contributed by atoms with Gasteiger partial charge in [0.05, 0.1) is 7.11 Å². The zero-order valence-electron chi connectivity index (χ0n) is 17.9. The van der Waals surface area contributed by atoms with Crippen LogP contribution >= 0.6 is 0 Å². The van der Waals surface area contributed by atoms with E-state index in [1.807, 2.05) is 75.4 Å². The highest BCUT2D eigenvalue weighted by Crippen LogP contribution is 2.19. The van der Waals surface area contributed by atoms with Gasteiger partial charge in [0.15, 0.2) is 0 Å². The van der Waals surface area contributed by atoms with E-state index in [2.05, 4.69) is 5.32 Å². The Hall–Kier alpha value is -2.82. The van der Waals surface area contributed by atoms with E-state index in [-0.39, 0.29) is 17.7 Å². The summed E-state index contributed by atoms with van der Waals surface area (Å²) in [6.07, 6.45) is 1.32. The van der Waals surface area contributed by atoms with Gasteiger partial charge in [-0.25, -0.2) is 0 Å². The minimum atomic E-state index is -0.569. The van der Waals surface area contributed by atoms with Gasteiger partial charge in [-0.3, -0.25) is 9.59 Å². The van der Waals surface area contributed by atoms with Crippen LogP contribution in [0, 0.1) is 5.92 Å². The Kier molecular flexibility index (Phi) is 8.71. The number of hydrogen-bond acceptors (Lipinski definition) is 3. The molecule has 0 saturated carbocycles. The average molecular weight is 397 g/mol. The number of amides is 2. The van der Waals surface area contributed by atoms with Gasteiger partial charge in [-0.2, -0.15) is 0 Å². The molecule has 0 aliphatic carbocycles. The summed E-state index contributed by atoms with van der Waals surface area (Å²) in [5.74, 6) is 0.411. The SMILES string of the molecule is CCCNC(=O)[C@@H](Cc1ccccc1)N(Cc1ccc(OC)cc1)C(=O)C(C)C. The Morgan fingerprint density at radius 1 is 1.00 bits per heavy atom. The zero-order valence-corrected chi connectivity index (χ0v) is 17.9. The summed E-state index contributed by atoms with van der Waals surface area (Å²) in [7, 11) is 1.62. The predicted octanol–water partition coefficient (Wildman–Crippen LogP) is 3.82. The van der Waals surface area contributed by atoms with Crippen LogP contribution in [0.25, 0.3) is 0 Å². The minimum absolute atomic E-state index is 0.0339. The van der Waals surface area contributed by atoms with E-state index in [0.717, 1.165) is 23.3 Å². The fourth-order valence-electron chi connectivity index (χ4n) is 3.15.